The molecule has 0 atom stereocenters. The van der Waals surface area contributed by atoms with Crippen LogP contribution in [0.15, 0.2) is 28.7 Å². The van der Waals surface area contributed by atoms with Gasteiger partial charge in [-0.15, -0.1) is 0 Å². The number of urea groups is 1. The molecule has 3 N–H and O–H groups in total. The van der Waals surface area contributed by atoms with Crippen LogP contribution in [0.2, 0.25) is 0 Å². The maximum Gasteiger partial charge on any atom is 0.342 e. The molecular weight excluding hydrogens is 224 g/mol. The van der Waals surface area contributed by atoms with Gasteiger partial charge in [0.05, 0.1) is 0 Å². The number of hydroxylamine groups is 1. The van der Waals surface area contributed by atoms with Crippen LogP contribution in [0.3, 0.4) is 0 Å². The van der Waals surface area contributed by atoms with Crippen molar-refractivity contribution < 1.29 is 10.0 Å². The molecule has 0 spiro atoms. The summed E-state index contributed by atoms with van der Waals surface area (Å²) in [5, 5.41) is 10.6. The molecule has 4 nitrogen and oxygen atoms in total. The molecule has 64 valence electrons. The molecule has 12 heavy (non-hydrogen) atoms. The minimum absolute atomic E-state index is 0.616. The van der Waals surface area contributed by atoms with Crippen molar-refractivity contribution in [2.75, 3.05) is 5.32 Å². The van der Waals surface area contributed by atoms with Gasteiger partial charge in [0.25, 0.3) is 0 Å². The first-order valence-corrected chi connectivity index (χ1v) is 3.98. The highest BCUT2D eigenvalue weighted by Crippen LogP contribution is 2.13. The lowest BCUT2D eigenvalue weighted by Crippen LogP contribution is -2.24. The van der Waals surface area contributed by atoms with Crippen LogP contribution < -0.4 is 10.8 Å². The molecule has 0 fully saturated rings. The quantitative estimate of drug-likeness (QED) is 0.511. The lowest BCUT2D eigenvalue weighted by molar-refractivity contribution is 0.172. The van der Waals surface area contributed by atoms with Crippen LogP contribution in [0.1, 0.15) is 0 Å². The highest BCUT2D eigenvalue weighted by atomic mass is 79.9. The number of hydrogen-bond donors (Lipinski definition) is 3. The molecule has 0 aliphatic carbocycles. The van der Waals surface area contributed by atoms with E-state index in [4.69, 9.17) is 5.21 Å². The van der Waals surface area contributed by atoms with Crippen molar-refractivity contribution in [2.24, 2.45) is 0 Å². The zero-order valence-electron chi connectivity index (χ0n) is 6.04. The smallest absolute Gasteiger partial charge is 0.306 e. The zero-order chi connectivity index (χ0) is 8.97. The van der Waals surface area contributed by atoms with E-state index in [1.54, 1.807) is 24.3 Å². The number of benzene rings is 1. The number of rotatable bonds is 1. The van der Waals surface area contributed by atoms with Crippen LogP contribution in [0.5, 0.6) is 0 Å². The van der Waals surface area contributed by atoms with Gasteiger partial charge < -0.3 is 5.32 Å². The summed E-state index contributed by atoms with van der Waals surface area (Å²) < 4.78 is 0.928. The summed E-state index contributed by atoms with van der Waals surface area (Å²) in [5.74, 6) is 0. The van der Waals surface area contributed by atoms with Gasteiger partial charge in [0, 0.05) is 10.2 Å². The molecule has 1 rings (SSSR count). The second-order valence-corrected chi connectivity index (χ2v) is 2.99. The normalized spacial score (nSPS) is 9.17. The van der Waals surface area contributed by atoms with Crippen molar-refractivity contribution in [1.29, 1.82) is 0 Å². The number of carbonyl (C=O) groups is 1. The first kappa shape index (κ1) is 9.02. The van der Waals surface area contributed by atoms with Gasteiger partial charge in [0.2, 0.25) is 0 Å². The maximum absolute atomic E-state index is 10.6. The van der Waals surface area contributed by atoms with Crippen molar-refractivity contribution in [3.05, 3.63) is 28.7 Å². The van der Waals surface area contributed by atoms with E-state index in [1.807, 2.05) is 0 Å². The molecular formula is C7H7BrN2O2. The van der Waals surface area contributed by atoms with E-state index in [1.165, 1.54) is 5.48 Å². The summed E-state index contributed by atoms with van der Waals surface area (Å²) >= 11 is 3.25. The predicted octanol–water partition coefficient (Wildman–Crippen LogP) is 1.96. The fourth-order valence-corrected chi connectivity index (χ4v) is 0.957. The summed E-state index contributed by atoms with van der Waals surface area (Å²) in [7, 11) is 0. The Morgan fingerprint density at radius 2 is 1.92 bits per heavy atom. The monoisotopic (exact) mass is 230 g/mol. The van der Waals surface area contributed by atoms with Crippen LogP contribution in [-0.2, 0) is 0 Å². The van der Waals surface area contributed by atoms with Gasteiger partial charge in [-0.3, -0.25) is 5.21 Å². The highest BCUT2D eigenvalue weighted by Gasteiger charge is 1.97. The molecule has 0 heterocycles. The minimum atomic E-state index is -0.655. The van der Waals surface area contributed by atoms with Crippen molar-refractivity contribution in [3.8, 4) is 0 Å². The molecule has 0 aliphatic heterocycles. The van der Waals surface area contributed by atoms with E-state index in [0.29, 0.717) is 5.69 Å². The van der Waals surface area contributed by atoms with Gasteiger partial charge in [0.15, 0.2) is 0 Å². The van der Waals surface area contributed by atoms with E-state index >= 15 is 0 Å². The van der Waals surface area contributed by atoms with E-state index in [2.05, 4.69) is 21.2 Å². The Bertz CT molecular complexity index is 273. The molecule has 0 saturated heterocycles. The Morgan fingerprint density at radius 1 is 1.33 bits per heavy atom. The minimum Gasteiger partial charge on any atom is -0.306 e. The standard InChI is InChI=1S/C7H7BrN2O2/c8-5-1-3-6(4-2-5)9-7(11)10-12/h1-4,12H,(H2,9,10,11). The molecule has 0 bridgehead atoms. The lowest BCUT2D eigenvalue weighted by atomic mass is 10.3. The van der Waals surface area contributed by atoms with Gasteiger partial charge in [-0.1, -0.05) is 15.9 Å². The topological polar surface area (TPSA) is 61.4 Å². The van der Waals surface area contributed by atoms with E-state index in [0.717, 1.165) is 4.47 Å². The molecule has 0 aromatic heterocycles. The SMILES string of the molecule is O=C(NO)Nc1ccc(Br)cc1. The molecule has 1 aromatic rings. The number of amides is 2. The van der Waals surface area contributed by atoms with E-state index in [9.17, 15) is 4.79 Å². The Labute approximate surface area is 77.7 Å². The van der Waals surface area contributed by atoms with E-state index < -0.39 is 6.03 Å². The average molecular weight is 231 g/mol. The van der Waals surface area contributed by atoms with Gasteiger partial charge in [-0.2, -0.15) is 0 Å². The number of nitrogens with one attached hydrogen (secondary N) is 2. The molecule has 0 saturated carbocycles. The van der Waals surface area contributed by atoms with Crippen LogP contribution in [0.4, 0.5) is 10.5 Å². The number of halogens is 1. The second kappa shape index (κ2) is 4.08. The molecule has 1 aromatic carbocycles. The van der Waals surface area contributed by atoms with Gasteiger partial charge in [-0.05, 0) is 24.3 Å². The third kappa shape index (κ3) is 2.52. The Kier molecular flexibility index (Phi) is 3.07. The maximum atomic E-state index is 10.6. The lowest BCUT2D eigenvalue weighted by Gasteiger charge is -2.02. The van der Waals surface area contributed by atoms with Crippen LogP contribution in [0, 0.1) is 0 Å². The second-order valence-electron chi connectivity index (χ2n) is 2.07. The molecule has 5 heteroatoms. The number of hydrogen-bond acceptors (Lipinski definition) is 2. The van der Waals surface area contributed by atoms with Gasteiger partial charge in [0.1, 0.15) is 0 Å². The van der Waals surface area contributed by atoms with E-state index in [-0.39, 0.29) is 0 Å². The van der Waals surface area contributed by atoms with Crippen LogP contribution >= 0.6 is 15.9 Å². The Morgan fingerprint density at radius 3 is 2.42 bits per heavy atom. The summed E-state index contributed by atoms with van der Waals surface area (Å²) in [6.07, 6.45) is 0. The molecule has 0 unspecified atom stereocenters. The third-order valence-corrected chi connectivity index (χ3v) is 1.73. The molecule has 0 radical (unpaired) electrons. The fraction of sp³-hybridized carbons (Fsp3) is 0. The van der Waals surface area contributed by atoms with Crippen molar-refractivity contribution in [3.63, 3.8) is 0 Å². The van der Waals surface area contributed by atoms with Crippen LogP contribution in [0.25, 0.3) is 0 Å². The molecule has 2 amide bonds. The third-order valence-electron chi connectivity index (χ3n) is 1.20. The predicted molar refractivity (Wildman–Crippen MR) is 48.1 cm³/mol. The highest BCUT2D eigenvalue weighted by molar-refractivity contribution is 9.10. The largest absolute Gasteiger partial charge is 0.342 e. The van der Waals surface area contributed by atoms with Crippen molar-refractivity contribution in [2.45, 2.75) is 0 Å². The summed E-state index contributed by atoms with van der Waals surface area (Å²) in [4.78, 5) is 10.6. The van der Waals surface area contributed by atoms with Gasteiger partial charge >= 0.3 is 6.03 Å². The average Bonchev–Trinajstić information content (AvgIpc) is 2.09. The number of carbonyl (C=O) groups excluding carboxylic acids is 1. The first-order chi connectivity index (χ1) is 5.72. The first-order valence-electron chi connectivity index (χ1n) is 3.19. The van der Waals surface area contributed by atoms with Crippen molar-refractivity contribution >= 4 is 27.6 Å². The van der Waals surface area contributed by atoms with Gasteiger partial charge in [-0.25, -0.2) is 10.3 Å². The Hall–Kier alpha value is -1.07. The summed E-state index contributed by atoms with van der Waals surface area (Å²) in [6.45, 7) is 0. The summed E-state index contributed by atoms with van der Waals surface area (Å²) in [5.41, 5.74) is 2.08. The fourth-order valence-electron chi connectivity index (χ4n) is 0.692. The van der Waals surface area contributed by atoms with Crippen molar-refractivity contribution in [1.82, 2.24) is 5.48 Å². The van der Waals surface area contributed by atoms with Crippen LogP contribution in [-0.4, -0.2) is 11.2 Å². The zero-order valence-corrected chi connectivity index (χ0v) is 7.63. The Balaban J connectivity index is 2.64. The number of anilines is 1. The molecule has 0 aliphatic rings. The summed E-state index contributed by atoms with van der Waals surface area (Å²) in [6, 6.07) is 6.33.